The van der Waals surface area contributed by atoms with Crippen molar-refractivity contribution in [1.82, 2.24) is 14.5 Å². The lowest BCUT2D eigenvalue weighted by molar-refractivity contribution is 1.01. The number of thioether (sulfide) groups is 1. The van der Waals surface area contributed by atoms with E-state index in [9.17, 15) is 0 Å². The van der Waals surface area contributed by atoms with Gasteiger partial charge in [0, 0.05) is 31.6 Å². The molecular formula is C15H13Br2N3S. The van der Waals surface area contributed by atoms with Gasteiger partial charge in [0.15, 0.2) is 0 Å². The molecule has 108 valence electrons. The van der Waals surface area contributed by atoms with Crippen molar-refractivity contribution in [1.29, 1.82) is 0 Å². The van der Waals surface area contributed by atoms with Crippen molar-refractivity contribution in [3.8, 4) is 5.69 Å². The molecule has 3 nitrogen and oxygen atoms in total. The molecule has 2 aromatic heterocycles. The molecule has 3 aromatic rings. The van der Waals surface area contributed by atoms with Crippen molar-refractivity contribution in [3.63, 3.8) is 0 Å². The summed E-state index contributed by atoms with van der Waals surface area (Å²) in [5, 5.41) is 1.09. The highest BCUT2D eigenvalue weighted by atomic mass is 79.9. The minimum absolute atomic E-state index is 0.779. The molecule has 0 bridgehead atoms. The van der Waals surface area contributed by atoms with E-state index < -0.39 is 0 Å². The lowest BCUT2D eigenvalue weighted by Crippen LogP contribution is -1.99. The zero-order chi connectivity index (χ0) is 15.1. The number of aryl methyl sites for hydroxylation is 2. The maximum atomic E-state index is 4.62. The maximum absolute atomic E-state index is 4.62. The van der Waals surface area contributed by atoms with Gasteiger partial charge >= 0.3 is 0 Å². The summed E-state index contributed by atoms with van der Waals surface area (Å²) in [5.41, 5.74) is 3.23. The highest BCUT2D eigenvalue weighted by Gasteiger charge is 2.15. The maximum Gasteiger partial charge on any atom is 0.148 e. The van der Waals surface area contributed by atoms with Gasteiger partial charge in [-0.15, -0.1) is 11.8 Å². The van der Waals surface area contributed by atoms with Crippen LogP contribution in [0.25, 0.3) is 16.7 Å². The summed E-state index contributed by atoms with van der Waals surface area (Å²) in [6.07, 6.45) is 6.10. The van der Waals surface area contributed by atoms with Gasteiger partial charge in [0.05, 0.1) is 5.69 Å². The Morgan fingerprint density at radius 2 is 1.95 bits per heavy atom. The van der Waals surface area contributed by atoms with Crippen LogP contribution in [0.4, 0.5) is 0 Å². The lowest BCUT2D eigenvalue weighted by Gasteiger charge is -2.13. The van der Waals surface area contributed by atoms with Crippen LogP contribution in [0.3, 0.4) is 0 Å². The summed E-state index contributed by atoms with van der Waals surface area (Å²) < 4.78 is 4.23. The number of halogens is 2. The first kappa shape index (κ1) is 15.1. The first-order valence-corrected chi connectivity index (χ1v) is 9.17. The third-order valence-corrected chi connectivity index (χ3v) is 5.13. The second kappa shape index (κ2) is 5.74. The van der Waals surface area contributed by atoms with Gasteiger partial charge in [-0.25, -0.2) is 9.97 Å². The van der Waals surface area contributed by atoms with Crippen LogP contribution in [0.15, 0.2) is 38.4 Å². The molecule has 0 spiro atoms. The molecule has 3 rings (SSSR count). The number of aromatic nitrogens is 3. The topological polar surface area (TPSA) is 30.7 Å². The summed E-state index contributed by atoms with van der Waals surface area (Å²) in [5.74, 6) is 0.779. The summed E-state index contributed by atoms with van der Waals surface area (Å²) in [6.45, 7) is 4.00. The van der Waals surface area contributed by atoms with Crippen molar-refractivity contribution in [2.45, 2.75) is 18.7 Å². The van der Waals surface area contributed by atoms with Crippen LogP contribution < -0.4 is 0 Å². The summed E-state index contributed by atoms with van der Waals surface area (Å²) in [4.78, 5) is 10.1. The Morgan fingerprint density at radius 3 is 2.67 bits per heavy atom. The molecule has 0 fully saturated rings. The second-order valence-corrected chi connectivity index (χ2v) is 7.39. The van der Waals surface area contributed by atoms with E-state index in [0.717, 1.165) is 31.5 Å². The van der Waals surface area contributed by atoms with E-state index in [1.807, 2.05) is 13.1 Å². The molecule has 0 saturated heterocycles. The zero-order valence-corrected chi connectivity index (χ0v) is 15.8. The fourth-order valence-electron chi connectivity index (χ4n) is 2.35. The molecule has 0 atom stereocenters. The molecule has 0 aliphatic carbocycles. The third kappa shape index (κ3) is 2.64. The van der Waals surface area contributed by atoms with Crippen LogP contribution in [0, 0.1) is 13.8 Å². The molecule has 0 N–H and O–H groups in total. The first-order chi connectivity index (χ1) is 10.0. The number of benzene rings is 1. The largest absolute Gasteiger partial charge is 0.299 e. The van der Waals surface area contributed by atoms with E-state index >= 15 is 0 Å². The van der Waals surface area contributed by atoms with Crippen molar-refractivity contribution in [2.75, 3.05) is 6.26 Å². The van der Waals surface area contributed by atoms with Crippen LogP contribution >= 0.6 is 43.6 Å². The number of nitrogens with zero attached hydrogens (tertiary/aromatic N) is 3. The number of rotatable bonds is 2. The Morgan fingerprint density at radius 1 is 1.19 bits per heavy atom. The average Bonchev–Trinajstić information content (AvgIpc) is 2.74. The van der Waals surface area contributed by atoms with Gasteiger partial charge < -0.3 is 0 Å². The number of hydrogen-bond acceptors (Lipinski definition) is 3. The average molecular weight is 427 g/mol. The van der Waals surface area contributed by atoms with Crippen LogP contribution in [-0.4, -0.2) is 20.8 Å². The van der Waals surface area contributed by atoms with Gasteiger partial charge in [0.1, 0.15) is 11.5 Å². The highest BCUT2D eigenvalue weighted by Crippen LogP contribution is 2.36. The predicted molar refractivity (Wildman–Crippen MR) is 95.5 cm³/mol. The van der Waals surface area contributed by atoms with Gasteiger partial charge in [-0.05, 0) is 53.7 Å². The van der Waals surface area contributed by atoms with E-state index in [-0.39, 0.29) is 0 Å². The Bertz CT molecular complexity index is 843. The molecule has 0 amide bonds. The Labute approximate surface area is 144 Å². The minimum Gasteiger partial charge on any atom is -0.299 e. The van der Waals surface area contributed by atoms with Gasteiger partial charge in [-0.2, -0.15) is 0 Å². The molecule has 0 aliphatic rings. The minimum atomic E-state index is 0.779. The Kier molecular flexibility index (Phi) is 4.12. The van der Waals surface area contributed by atoms with Crippen LogP contribution in [0.1, 0.15) is 11.4 Å². The molecule has 0 saturated carbocycles. The molecule has 0 radical (unpaired) electrons. The second-order valence-electron chi connectivity index (χ2n) is 4.78. The van der Waals surface area contributed by atoms with Crippen molar-refractivity contribution >= 4 is 54.7 Å². The first-order valence-electron chi connectivity index (χ1n) is 6.36. The summed E-state index contributed by atoms with van der Waals surface area (Å²) in [6, 6.07) is 4.18. The number of fused-ring (bicyclic) bond motifs is 1. The van der Waals surface area contributed by atoms with Crippen molar-refractivity contribution in [3.05, 3.63) is 44.9 Å². The smallest absolute Gasteiger partial charge is 0.148 e. The molecule has 0 aliphatic heterocycles. The quantitative estimate of drug-likeness (QED) is 0.522. The van der Waals surface area contributed by atoms with Gasteiger partial charge in [-0.1, -0.05) is 15.9 Å². The van der Waals surface area contributed by atoms with Gasteiger partial charge in [0.25, 0.3) is 0 Å². The number of hydrogen-bond donors (Lipinski definition) is 0. The van der Waals surface area contributed by atoms with E-state index in [0.29, 0.717) is 0 Å². The Hall–Kier alpha value is -0.850. The van der Waals surface area contributed by atoms with E-state index in [1.165, 1.54) is 10.5 Å². The molecule has 1 aromatic carbocycles. The fourth-order valence-corrected chi connectivity index (χ4v) is 4.69. The standard InChI is InChI=1S/C15H13Br2N3S/c1-8-7-20(15-11(8)6-18-9(2)19-15)14-12(17)4-10(16)5-13(14)21-3/h4-7H,1-3H3. The van der Waals surface area contributed by atoms with Gasteiger partial charge in [-0.3, -0.25) is 4.57 Å². The third-order valence-electron chi connectivity index (χ3n) is 3.32. The van der Waals surface area contributed by atoms with E-state index in [2.05, 4.69) is 77.9 Å². The molecular weight excluding hydrogens is 414 g/mol. The summed E-state index contributed by atoms with van der Waals surface area (Å²) >= 11 is 8.95. The Balaban J connectivity index is 2.38. The highest BCUT2D eigenvalue weighted by molar-refractivity contribution is 9.11. The van der Waals surface area contributed by atoms with Crippen LogP contribution in [-0.2, 0) is 0 Å². The lowest BCUT2D eigenvalue weighted by atomic mass is 10.3. The molecule has 0 unspecified atom stereocenters. The van der Waals surface area contributed by atoms with Crippen LogP contribution in [0.2, 0.25) is 0 Å². The summed E-state index contributed by atoms with van der Waals surface area (Å²) in [7, 11) is 0. The SMILES string of the molecule is CSc1cc(Br)cc(Br)c1-n1cc(C)c2cnc(C)nc21. The van der Waals surface area contributed by atoms with Gasteiger partial charge in [0.2, 0.25) is 0 Å². The monoisotopic (exact) mass is 425 g/mol. The van der Waals surface area contributed by atoms with E-state index in [4.69, 9.17) is 0 Å². The van der Waals surface area contributed by atoms with Crippen LogP contribution in [0.5, 0.6) is 0 Å². The molecule has 2 heterocycles. The predicted octanol–water partition coefficient (Wildman–Crippen LogP) is 5.28. The molecule has 21 heavy (non-hydrogen) atoms. The fraction of sp³-hybridized carbons (Fsp3) is 0.200. The zero-order valence-electron chi connectivity index (χ0n) is 11.8. The van der Waals surface area contributed by atoms with Crippen molar-refractivity contribution in [2.24, 2.45) is 0 Å². The molecule has 6 heteroatoms. The normalized spacial score (nSPS) is 11.3. The van der Waals surface area contributed by atoms with E-state index in [1.54, 1.807) is 11.8 Å². The van der Waals surface area contributed by atoms with Crippen molar-refractivity contribution < 1.29 is 0 Å².